The highest BCUT2D eigenvalue weighted by atomic mass is 32.1. The zero-order valence-electron chi connectivity index (χ0n) is 21.2. The van der Waals surface area contributed by atoms with Crippen molar-refractivity contribution >= 4 is 34.7 Å². The van der Waals surface area contributed by atoms with E-state index in [0.29, 0.717) is 5.70 Å². The minimum Gasteiger partial charge on any atom is -0.493 e. The Bertz CT molecular complexity index is 1380. The Morgan fingerprint density at radius 3 is 2.34 bits per heavy atom. The molecule has 0 unspecified atom stereocenters. The van der Waals surface area contributed by atoms with Crippen molar-refractivity contribution in [2.45, 2.75) is 26.5 Å². The van der Waals surface area contributed by atoms with Gasteiger partial charge in [0.15, 0.2) is 16.6 Å². The lowest BCUT2D eigenvalue weighted by Gasteiger charge is -2.37. The average molecular weight is 534 g/mol. The van der Waals surface area contributed by atoms with Gasteiger partial charge in [0.2, 0.25) is 0 Å². The number of hydrogen-bond acceptors (Lipinski definition) is 7. The number of thiocarbonyl (C=S) groups is 1. The van der Waals surface area contributed by atoms with Crippen LogP contribution < -0.4 is 19.7 Å². The van der Waals surface area contributed by atoms with E-state index >= 15 is 0 Å². The molecule has 0 radical (unpaired) electrons. The molecule has 0 aromatic heterocycles. The van der Waals surface area contributed by atoms with Crippen molar-refractivity contribution in [2.24, 2.45) is 0 Å². The van der Waals surface area contributed by atoms with E-state index in [0.717, 1.165) is 11.3 Å². The van der Waals surface area contributed by atoms with Crippen molar-refractivity contribution < 1.29 is 23.9 Å². The first-order valence-corrected chi connectivity index (χ1v) is 12.3. The molecule has 0 aliphatic carbocycles. The van der Waals surface area contributed by atoms with E-state index in [1.807, 2.05) is 60.7 Å². The van der Waals surface area contributed by atoms with Crippen molar-refractivity contribution in [3.05, 3.63) is 105 Å². The van der Waals surface area contributed by atoms with Gasteiger partial charge >= 0.3 is 5.97 Å². The number of nitrogens with one attached hydrogen (secondary N) is 1. The summed E-state index contributed by atoms with van der Waals surface area (Å²) in [5.41, 5.74) is 2.27. The van der Waals surface area contributed by atoms with Gasteiger partial charge in [-0.3, -0.25) is 15.0 Å². The summed E-state index contributed by atoms with van der Waals surface area (Å²) in [6.45, 7) is 3.76. The molecule has 1 aliphatic heterocycles. The molecule has 0 saturated carbocycles. The lowest BCUT2D eigenvalue weighted by Crippen LogP contribution is -2.48. The van der Waals surface area contributed by atoms with Crippen molar-refractivity contribution in [3.8, 4) is 11.5 Å². The minimum atomic E-state index is -0.959. The Balaban J connectivity index is 1.82. The fraction of sp³-hybridized carbons (Fsp3) is 0.214. The second-order valence-electron chi connectivity index (χ2n) is 8.37. The number of esters is 1. The number of rotatable bonds is 9. The van der Waals surface area contributed by atoms with Crippen LogP contribution in [0.3, 0.4) is 0 Å². The number of allylic oxidation sites excluding steroid dienone is 1. The number of carbonyl (C=O) groups excluding carboxylic acids is 1. The summed E-state index contributed by atoms with van der Waals surface area (Å²) in [5.74, 6) is -0.126. The molecule has 4 rings (SSSR count). The van der Waals surface area contributed by atoms with Crippen molar-refractivity contribution in [1.29, 1.82) is 0 Å². The molecule has 9 nitrogen and oxygen atoms in total. The molecule has 3 aromatic rings. The van der Waals surface area contributed by atoms with Gasteiger partial charge in [-0.25, -0.2) is 4.79 Å². The van der Waals surface area contributed by atoms with Crippen LogP contribution in [-0.4, -0.2) is 29.7 Å². The smallest absolute Gasteiger partial charge is 0.338 e. The molecule has 196 valence electrons. The van der Waals surface area contributed by atoms with E-state index in [2.05, 4.69) is 5.32 Å². The molecule has 0 spiro atoms. The predicted molar refractivity (Wildman–Crippen MR) is 147 cm³/mol. The predicted octanol–water partition coefficient (Wildman–Crippen LogP) is 5.46. The highest BCUT2D eigenvalue weighted by Crippen LogP contribution is 2.42. The van der Waals surface area contributed by atoms with E-state index in [-0.39, 0.29) is 46.6 Å². The molecule has 0 fully saturated rings. The molecule has 0 saturated heterocycles. The molecular formula is C28H27N3O6S. The number of para-hydroxylation sites is 1. The zero-order chi connectivity index (χ0) is 27.2. The molecule has 1 atom stereocenters. The second kappa shape index (κ2) is 11.7. The van der Waals surface area contributed by atoms with Crippen molar-refractivity contribution in [2.75, 3.05) is 18.6 Å². The Labute approximate surface area is 225 Å². The molecule has 3 aromatic carbocycles. The Morgan fingerprint density at radius 1 is 1.08 bits per heavy atom. The van der Waals surface area contributed by atoms with Gasteiger partial charge in [0, 0.05) is 11.4 Å². The largest absolute Gasteiger partial charge is 0.493 e. The maximum absolute atomic E-state index is 13.2. The summed E-state index contributed by atoms with van der Waals surface area (Å²) in [5, 5.41) is 15.7. The van der Waals surface area contributed by atoms with E-state index in [4.69, 9.17) is 26.4 Å². The maximum atomic E-state index is 13.2. The number of benzene rings is 3. The average Bonchev–Trinajstić information content (AvgIpc) is 2.92. The van der Waals surface area contributed by atoms with Crippen LogP contribution in [0.5, 0.6) is 11.5 Å². The topological polar surface area (TPSA) is 103 Å². The number of nitro benzene ring substituents is 1. The summed E-state index contributed by atoms with van der Waals surface area (Å²) < 4.78 is 16.8. The lowest BCUT2D eigenvalue weighted by molar-refractivity contribution is -0.385. The third-order valence-corrected chi connectivity index (χ3v) is 6.35. The molecule has 0 bridgehead atoms. The third kappa shape index (κ3) is 5.45. The van der Waals surface area contributed by atoms with Crippen LogP contribution in [-0.2, 0) is 16.1 Å². The number of ether oxygens (including phenoxy) is 3. The Hall–Kier alpha value is -4.44. The number of nitrogens with zero attached hydrogens (tertiary/aromatic N) is 2. The Morgan fingerprint density at radius 2 is 1.74 bits per heavy atom. The molecular weight excluding hydrogens is 506 g/mol. The first kappa shape index (κ1) is 26.6. The van der Waals surface area contributed by atoms with E-state index in [1.54, 1.807) is 18.7 Å². The Kier molecular flexibility index (Phi) is 8.22. The fourth-order valence-corrected chi connectivity index (χ4v) is 4.66. The van der Waals surface area contributed by atoms with Gasteiger partial charge in [0.05, 0.1) is 41.9 Å². The summed E-state index contributed by atoms with van der Waals surface area (Å²) in [6.07, 6.45) is 0. The molecule has 1 aliphatic rings. The van der Waals surface area contributed by atoms with Gasteiger partial charge in [-0.05, 0) is 49.8 Å². The molecule has 10 heteroatoms. The van der Waals surface area contributed by atoms with Gasteiger partial charge < -0.3 is 19.5 Å². The van der Waals surface area contributed by atoms with Crippen LogP contribution in [0.1, 0.15) is 31.0 Å². The monoisotopic (exact) mass is 533 g/mol. The first-order chi connectivity index (χ1) is 18.3. The van der Waals surface area contributed by atoms with Gasteiger partial charge in [0.25, 0.3) is 5.69 Å². The van der Waals surface area contributed by atoms with Crippen LogP contribution in [0, 0.1) is 10.1 Å². The number of nitro groups is 1. The molecule has 0 amide bonds. The zero-order valence-corrected chi connectivity index (χ0v) is 22.0. The molecule has 38 heavy (non-hydrogen) atoms. The first-order valence-electron chi connectivity index (χ1n) is 11.9. The lowest BCUT2D eigenvalue weighted by atomic mass is 9.93. The SMILES string of the molecule is CCOC(=O)C1=C(C)N(c2ccccc2)C(=S)N[C@@H]1c1cc(OC)c(OCc2ccccc2)cc1[N+](=O)[O-]. The van der Waals surface area contributed by atoms with Crippen molar-refractivity contribution in [3.63, 3.8) is 0 Å². The standard InChI is InChI=1S/C28H27N3O6S/c1-4-36-27(32)25-18(2)30(20-13-9-6-10-14-20)28(38)29-26(25)21-15-23(35-3)24(16-22(21)31(33)34)37-17-19-11-7-5-8-12-19/h5-16,26H,4,17H2,1-3H3,(H,29,38)/t26-/m1/s1. The van der Waals surface area contributed by atoms with Crippen LogP contribution in [0.2, 0.25) is 0 Å². The van der Waals surface area contributed by atoms with Crippen LogP contribution in [0.15, 0.2) is 84.1 Å². The number of hydrogen-bond donors (Lipinski definition) is 1. The van der Waals surface area contributed by atoms with E-state index in [9.17, 15) is 14.9 Å². The van der Waals surface area contributed by atoms with E-state index in [1.165, 1.54) is 19.2 Å². The number of carbonyl (C=O) groups is 1. The maximum Gasteiger partial charge on any atom is 0.338 e. The fourth-order valence-electron chi connectivity index (χ4n) is 4.30. The van der Waals surface area contributed by atoms with Gasteiger partial charge in [0.1, 0.15) is 6.61 Å². The van der Waals surface area contributed by atoms with Crippen molar-refractivity contribution in [1.82, 2.24) is 5.32 Å². The summed E-state index contributed by atoms with van der Waals surface area (Å²) in [7, 11) is 1.45. The molecule has 1 N–H and O–H groups in total. The van der Waals surface area contributed by atoms with E-state index < -0.39 is 16.9 Å². The van der Waals surface area contributed by atoms with Gasteiger partial charge in [-0.2, -0.15) is 0 Å². The highest BCUT2D eigenvalue weighted by Gasteiger charge is 2.39. The van der Waals surface area contributed by atoms with Crippen LogP contribution in [0.4, 0.5) is 11.4 Å². The quantitative estimate of drug-likeness (QED) is 0.166. The van der Waals surface area contributed by atoms with Gasteiger partial charge in [-0.15, -0.1) is 0 Å². The summed E-state index contributed by atoms with van der Waals surface area (Å²) in [4.78, 5) is 26.7. The minimum absolute atomic E-state index is 0.135. The second-order valence-corrected chi connectivity index (χ2v) is 8.75. The third-order valence-electron chi connectivity index (χ3n) is 6.05. The van der Waals surface area contributed by atoms with Gasteiger partial charge in [-0.1, -0.05) is 48.5 Å². The number of anilines is 1. The normalized spacial score (nSPS) is 15.1. The summed E-state index contributed by atoms with van der Waals surface area (Å²) in [6, 6.07) is 20.6. The van der Waals surface area contributed by atoms with Crippen LogP contribution in [0.25, 0.3) is 0 Å². The van der Waals surface area contributed by atoms with Crippen LogP contribution >= 0.6 is 12.2 Å². The highest BCUT2D eigenvalue weighted by molar-refractivity contribution is 7.80. The molecule has 1 heterocycles. The summed E-state index contributed by atoms with van der Waals surface area (Å²) >= 11 is 5.66. The number of methoxy groups -OCH3 is 1.